The van der Waals surface area contributed by atoms with Crippen molar-refractivity contribution in [3.8, 4) is 11.1 Å². The van der Waals surface area contributed by atoms with Crippen molar-refractivity contribution in [1.82, 2.24) is 9.88 Å². The molecule has 0 aliphatic carbocycles. The molecule has 1 N–H and O–H groups in total. The smallest absolute Gasteiger partial charge is 0.255 e. The van der Waals surface area contributed by atoms with Gasteiger partial charge in [-0.3, -0.25) is 9.59 Å². The number of aromatic amines is 1. The first-order chi connectivity index (χ1) is 9.75. The zero-order chi connectivity index (χ0) is 13.9. The van der Waals surface area contributed by atoms with Crippen molar-refractivity contribution in [1.29, 1.82) is 0 Å². The maximum atomic E-state index is 12.6. The molecular formula is C16H16N2O2. The number of H-pyrrole nitrogens is 1. The van der Waals surface area contributed by atoms with Crippen molar-refractivity contribution in [2.24, 2.45) is 0 Å². The third kappa shape index (κ3) is 2.37. The van der Waals surface area contributed by atoms with Crippen LogP contribution in [0, 0.1) is 0 Å². The van der Waals surface area contributed by atoms with Crippen LogP contribution < -0.4 is 5.56 Å². The van der Waals surface area contributed by atoms with E-state index >= 15 is 0 Å². The van der Waals surface area contributed by atoms with Crippen LogP contribution in [0.5, 0.6) is 0 Å². The topological polar surface area (TPSA) is 53.2 Å². The van der Waals surface area contributed by atoms with Crippen LogP contribution in [0.1, 0.15) is 23.2 Å². The predicted octanol–water partition coefficient (Wildman–Crippen LogP) is 2.28. The molecular weight excluding hydrogens is 252 g/mol. The lowest BCUT2D eigenvalue weighted by Gasteiger charge is -2.17. The largest absolute Gasteiger partial charge is 0.339 e. The second-order valence-electron chi connectivity index (χ2n) is 4.99. The van der Waals surface area contributed by atoms with Crippen molar-refractivity contribution in [3.05, 3.63) is 58.5 Å². The van der Waals surface area contributed by atoms with E-state index in [-0.39, 0.29) is 11.5 Å². The number of hydrogen-bond acceptors (Lipinski definition) is 2. The third-order valence-electron chi connectivity index (χ3n) is 3.63. The second-order valence-corrected chi connectivity index (χ2v) is 4.99. The average molecular weight is 268 g/mol. The molecule has 1 aliphatic rings. The van der Waals surface area contributed by atoms with Crippen LogP contribution in [0.15, 0.2) is 47.4 Å². The van der Waals surface area contributed by atoms with E-state index < -0.39 is 0 Å². The third-order valence-corrected chi connectivity index (χ3v) is 3.63. The van der Waals surface area contributed by atoms with Gasteiger partial charge in [0.05, 0.1) is 5.56 Å². The summed E-state index contributed by atoms with van der Waals surface area (Å²) in [7, 11) is 0. The Bertz CT molecular complexity index is 670. The van der Waals surface area contributed by atoms with Gasteiger partial charge in [-0.05, 0) is 18.4 Å². The molecule has 1 amide bonds. The number of benzene rings is 1. The van der Waals surface area contributed by atoms with Crippen LogP contribution in [0.25, 0.3) is 11.1 Å². The Labute approximate surface area is 117 Å². The molecule has 3 rings (SSSR count). The maximum absolute atomic E-state index is 12.6. The Kier molecular flexibility index (Phi) is 3.37. The van der Waals surface area contributed by atoms with E-state index in [4.69, 9.17) is 0 Å². The molecule has 0 radical (unpaired) electrons. The number of carbonyl (C=O) groups is 1. The zero-order valence-corrected chi connectivity index (χ0v) is 11.1. The number of carbonyl (C=O) groups excluding carboxylic acids is 1. The molecule has 1 saturated heterocycles. The van der Waals surface area contributed by atoms with Gasteiger partial charge in [0.1, 0.15) is 0 Å². The van der Waals surface area contributed by atoms with Gasteiger partial charge in [-0.25, -0.2) is 0 Å². The Morgan fingerprint density at radius 3 is 2.50 bits per heavy atom. The van der Waals surface area contributed by atoms with Gasteiger partial charge in [-0.2, -0.15) is 0 Å². The monoisotopic (exact) mass is 268 g/mol. The molecule has 102 valence electrons. The van der Waals surface area contributed by atoms with Crippen LogP contribution >= 0.6 is 0 Å². The normalized spacial score (nSPS) is 14.5. The zero-order valence-electron chi connectivity index (χ0n) is 11.1. The highest BCUT2D eigenvalue weighted by molar-refractivity contribution is 6.00. The van der Waals surface area contributed by atoms with Gasteiger partial charge < -0.3 is 9.88 Å². The van der Waals surface area contributed by atoms with E-state index in [0.29, 0.717) is 11.1 Å². The van der Waals surface area contributed by atoms with Crippen LogP contribution in [-0.4, -0.2) is 28.9 Å². The van der Waals surface area contributed by atoms with Crippen molar-refractivity contribution < 1.29 is 4.79 Å². The van der Waals surface area contributed by atoms with E-state index in [1.165, 1.54) is 12.3 Å². The number of nitrogens with one attached hydrogen (secondary N) is 1. The van der Waals surface area contributed by atoms with E-state index in [9.17, 15) is 9.59 Å². The molecule has 1 aromatic heterocycles. The summed E-state index contributed by atoms with van der Waals surface area (Å²) in [5.41, 5.74) is 1.96. The summed E-state index contributed by atoms with van der Waals surface area (Å²) >= 11 is 0. The summed E-state index contributed by atoms with van der Waals surface area (Å²) in [6.45, 7) is 1.60. The van der Waals surface area contributed by atoms with E-state index in [0.717, 1.165) is 31.5 Å². The Hall–Kier alpha value is -2.36. The first-order valence-corrected chi connectivity index (χ1v) is 6.83. The van der Waals surface area contributed by atoms with Crippen molar-refractivity contribution in [2.45, 2.75) is 12.8 Å². The van der Waals surface area contributed by atoms with E-state index in [2.05, 4.69) is 4.98 Å². The quantitative estimate of drug-likeness (QED) is 0.908. The highest BCUT2D eigenvalue weighted by Crippen LogP contribution is 2.23. The second kappa shape index (κ2) is 5.33. The predicted molar refractivity (Wildman–Crippen MR) is 77.6 cm³/mol. The van der Waals surface area contributed by atoms with Crippen LogP contribution in [0.3, 0.4) is 0 Å². The lowest BCUT2D eigenvalue weighted by Crippen LogP contribution is -2.28. The van der Waals surface area contributed by atoms with Crippen molar-refractivity contribution >= 4 is 5.91 Å². The van der Waals surface area contributed by atoms with Gasteiger partial charge in [0.25, 0.3) is 5.91 Å². The highest BCUT2D eigenvalue weighted by atomic mass is 16.2. The van der Waals surface area contributed by atoms with E-state index in [1.807, 2.05) is 35.2 Å². The molecule has 2 heterocycles. The molecule has 0 atom stereocenters. The molecule has 1 fully saturated rings. The summed E-state index contributed by atoms with van der Waals surface area (Å²) in [5, 5.41) is 0. The van der Waals surface area contributed by atoms with Gasteiger partial charge in [0, 0.05) is 30.9 Å². The lowest BCUT2D eigenvalue weighted by atomic mass is 10.0. The molecule has 0 bridgehead atoms. The first-order valence-electron chi connectivity index (χ1n) is 6.83. The minimum absolute atomic E-state index is 0.00222. The summed E-state index contributed by atoms with van der Waals surface area (Å²) in [6, 6.07) is 11.0. The highest BCUT2D eigenvalue weighted by Gasteiger charge is 2.22. The summed E-state index contributed by atoms with van der Waals surface area (Å²) in [4.78, 5) is 28.6. The van der Waals surface area contributed by atoms with E-state index in [1.54, 1.807) is 0 Å². The van der Waals surface area contributed by atoms with Crippen LogP contribution in [0.4, 0.5) is 0 Å². The van der Waals surface area contributed by atoms with Crippen molar-refractivity contribution in [3.63, 3.8) is 0 Å². The van der Waals surface area contributed by atoms with Crippen molar-refractivity contribution in [2.75, 3.05) is 13.1 Å². The van der Waals surface area contributed by atoms with Gasteiger partial charge in [0.2, 0.25) is 5.56 Å². The molecule has 1 aliphatic heterocycles. The van der Waals surface area contributed by atoms with Gasteiger partial charge >= 0.3 is 0 Å². The number of amides is 1. The SMILES string of the molecule is O=C(c1c[nH]c(=O)cc1-c1ccccc1)N1CCCC1. The minimum Gasteiger partial charge on any atom is -0.339 e. The average Bonchev–Trinajstić information content (AvgIpc) is 3.02. The first kappa shape index (κ1) is 12.7. The Balaban J connectivity index is 2.07. The molecule has 1 aromatic carbocycles. The van der Waals surface area contributed by atoms with Crippen LogP contribution in [0.2, 0.25) is 0 Å². The van der Waals surface area contributed by atoms with Crippen LogP contribution in [-0.2, 0) is 0 Å². The summed E-state index contributed by atoms with van der Waals surface area (Å²) < 4.78 is 0. The number of likely N-dealkylation sites (tertiary alicyclic amines) is 1. The molecule has 0 saturated carbocycles. The number of hydrogen-bond donors (Lipinski definition) is 1. The molecule has 2 aromatic rings. The molecule has 4 heteroatoms. The number of rotatable bonds is 2. The Morgan fingerprint density at radius 2 is 1.80 bits per heavy atom. The number of nitrogens with zero attached hydrogens (tertiary/aromatic N) is 1. The summed E-state index contributed by atoms with van der Waals surface area (Å²) in [6.07, 6.45) is 3.64. The maximum Gasteiger partial charge on any atom is 0.255 e. The standard InChI is InChI=1S/C16H16N2O2/c19-15-10-13(12-6-2-1-3-7-12)14(11-17-15)16(20)18-8-4-5-9-18/h1-3,6-7,10-11H,4-5,8-9H2,(H,17,19). The number of pyridine rings is 1. The lowest BCUT2D eigenvalue weighted by molar-refractivity contribution is 0.0793. The molecule has 4 nitrogen and oxygen atoms in total. The fraction of sp³-hybridized carbons (Fsp3) is 0.250. The fourth-order valence-electron chi connectivity index (χ4n) is 2.60. The summed E-state index contributed by atoms with van der Waals surface area (Å²) in [5.74, 6) is -0.00222. The molecule has 20 heavy (non-hydrogen) atoms. The van der Waals surface area contributed by atoms with Gasteiger partial charge in [0.15, 0.2) is 0 Å². The van der Waals surface area contributed by atoms with Gasteiger partial charge in [-0.15, -0.1) is 0 Å². The van der Waals surface area contributed by atoms with Gasteiger partial charge in [-0.1, -0.05) is 30.3 Å². The minimum atomic E-state index is -0.193. The fourth-order valence-corrected chi connectivity index (χ4v) is 2.60. The number of aromatic nitrogens is 1. The molecule has 0 unspecified atom stereocenters. The molecule has 0 spiro atoms. The Morgan fingerprint density at radius 1 is 1.10 bits per heavy atom.